The molecule has 0 aliphatic carbocycles. The second-order valence-corrected chi connectivity index (χ2v) is 6.09. The van der Waals surface area contributed by atoms with Crippen molar-refractivity contribution < 1.29 is 0 Å². The summed E-state index contributed by atoms with van der Waals surface area (Å²) in [6.07, 6.45) is 2.52. The summed E-state index contributed by atoms with van der Waals surface area (Å²) in [5.74, 6) is 1.13. The number of rotatable bonds is 4. The molecule has 0 saturated carbocycles. The lowest BCUT2D eigenvalue weighted by Gasteiger charge is -2.32. The van der Waals surface area contributed by atoms with Gasteiger partial charge in [0.15, 0.2) is 0 Å². The van der Waals surface area contributed by atoms with E-state index in [2.05, 4.69) is 56.1 Å². The Bertz CT molecular complexity index is 398. The fourth-order valence-corrected chi connectivity index (χ4v) is 2.56. The van der Waals surface area contributed by atoms with Gasteiger partial charge in [0.1, 0.15) is 5.82 Å². The minimum Gasteiger partial charge on any atom is -0.351 e. The second-order valence-electron chi connectivity index (χ2n) is 6.09. The SMILES string of the molecule is CC(C)NCc1cccc(N2CCCC2(C)C)n1. The van der Waals surface area contributed by atoms with Crippen molar-refractivity contribution in [2.45, 2.75) is 58.7 Å². The van der Waals surface area contributed by atoms with Gasteiger partial charge in [-0.2, -0.15) is 0 Å². The van der Waals surface area contributed by atoms with E-state index in [1.54, 1.807) is 0 Å². The fourth-order valence-electron chi connectivity index (χ4n) is 2.56. The highest BCUT2D eigenvalue weighted by Crippen LogP contribution is 2.32. The lowest BCUT2D eigenvalue weighted by molar-refractivity contribution is 0.513. The van der Waals surface area contributed by atoms with E-state index in [9.17, 15) is 0 Å². The van der Waals surface area contributed by atoms with E-state index >= 15 is 0 Å². The molecule has 1 fully saturated rings. The molecule has 0 atom stereocenters. The quantitative estimate of drug-likeness (QED) is 0.886. The van der Waals surface area contributed by atoms with Crippen molar-refractivity contribution in [1.29, 1.82) is 0 Å². The van der Waals surface area contributed by atoms with E-state index in [0.29, 0.717) is 6.04 Å². The Balaban J connectivity index is 2.12. The van der Waals surface area contributed by atoms with Crippen LogP contribution < -0.4 is 10.2 Å². The van der Waals surface area contributed by atoms with Gasteiger partial charge in [-0.05, 0) is 38.8 Å². The zero-order valence-corrected chi connectivity index (χ0v) is 12.0. The number of hydrogen-bond donors (Lipinski definition) is 1. The molecule has 0 bridgehead atoms. The van der Waals surface area contributed by atoms with E-state index in [1.807, 2.05) is 0 Å². The highest BCUT2D eigenvalue weighted by molar-refractivity contribution is 5.43. The van der Waals surface area contributed by atoms with Crippen molar-refractivity contribution in [2.24, 2.45) is 0 Å². The van der Waals surface area contributed by atoms with Gasteiger partial charge in [-0.3, -0.25) is 0 Å². The van der Waals surface area contributed by atoms with Gasteiger partial charge in [-0.25, -0.2) is 4.98 Å². The van der Waals surface area contributed by atoms with Crippen LogP contribution in [0.15, 0.2) is 18.2 Å². The molecule has 1 aliphatic rings. The molecule has 2 rings (SSSR count). The van der Waals surface area contributed by atoms with Crippen LogP contribution in [0.4, 0.5) is 5.82 Å². The van der Waals surface area contributed by atoms with Gasteiger partial charge in [0.2, 0.25) is 0 Å². The first kappa shape index (κ1) is 13.3. The van der Waals surface area contributed by atoms with E-state index < -0.39 is 0 Å². The molecule has 1 aliphatic heterocycles. The minimum absolute atomic E-state index is 0.247. The van der Waals surface area contributed by atoms with E-state index in [0.717, 1.165) is 24.6 Å². The molecule has 3 nitrogen and oxygen atoms in total. The Morgan fingerprint density at radius 3 is 2.78 bits per heavy atom. The first-order chi connectivity index (χ1) is 8.49. The molecule has 3 heteroatoms. The zero-order valence-electron chi connectivity index (χ0n) is 12.0. The summed E-state index contributed by atoms with van der Waals surface area (Å²) in [5.41, 5.74) is 1.38. The number of hydrogen-bond acceptors (Lipinski definition) is 3. The molecule has 1 N–H and O–H groups in total. The molecule has 0 unspecified atom stereocenters. The van der Waals surface area contributed by atoms with Crippen LogP contribution in [0.5, 0.6) is 0 Å². The summed E-state index contributed by atoms with van der Waals surface area (Å²) in [6.45, 7) is 10.9. The minimum atomic E-state index is 0.247. The van der Waals surface area contributed by atoms with Crippen molar-refractivity contribution in [3.63, 3.8) is 0 Å². The Morgan fingerprint density at radius 1 is 1.39 bits per heavy atom. The van der Waals surface area contributed by atoms with E-state index in [-0.39, 0.29) is 5.54 Å². The summed E-state index contributed by atoms with van der Waals surface area (Å²) >= 11 is 0. The molecule has 0 spiro atoms. The van der Waals surface area contributed by atoms with Crippen molar-refractivity contribution in [1.82, 2.24) is 10.3 Å². The summed E-state index contributed by atoms with van der Waals surface area (Å²) in [7, 11) is 0. The fraction of sp³-hybridized carbons (Fsp3) is 0.667. The lowest BCUT2D eigenvalue weighted by Crippen LogP contribution is -2.38. The molecule has 1 aromatic rings. The van der Waals surface area contributed by atoms with Crippen LogP contribution in [0.1, 0.15) is 46.2 Å². The molecule has 0 amide bonds. The average molecular weight is 247 g/mol. The predicted octanol–water partition coefficient (Wildman–Crippen LogP) is 2.96. The van der Waals surface area contributed by atoms with Crippen LogP contribution in [0.3, 0.4) is 0 Å². The maximum Gasteiger partial charge on any atom is 0.129 e. The van der Waals surface area contributed by atoms with Crippen LogP contribution >= 0.6 is 0 Å². The standard InChI is InChI=1S/C15H25N3/c1-12(2)16-11-13-7-5-8-14(17-13)18-10-6-9-15(18,3)4/h5,7-8,12,16H,6,9-11H2,1-4H3. The third kappa shape index (κ3) is 3.02. The Hall–Kier alpha value is -1.09. The van der Waals surface area contributed by atoms with Crippen LogP contribution in [0.25, 0.3) is 0 Å². The topological polar surface area (TPSA) is 28.2 Å². The first-order valence-electron chi connectivity index (χ1n) is 6.96. The number of pyridine rings is 1. The van der Waals surface area contributed by atoms with Crippen LogP contribution in [-0.4, -0.2) is 23.1 Å². The molecular weight excluding hydrogens is 222 g/mol. The van der Waals surface area contributed by atoms with E-state index in [1.165, 1.54) is 12.8 Å². The van der Waals surface area contributed by atoms with Crippen molar-refractivity contribution in [3.8, 4) is 0 Å². The molecule has 1 aromatic heterocycles. The molecule has 0 radical (unpaired) electrons. The van der Waals surface area contributed by atoms with Gasteiger partial charge in [-0.15, -0.1) is 0 Å². The molecule has 18 heavy (non-hydrogen) atoms. The number of nitrogens with one attached hydrogen (secondary N) is 1. The highest BCUT2D eigenvalue weighted by Gasteiger charge is 2.32. The summed E-state index contributed by atoms with van der Waals surface area (Å²) in [5, 5.41) is 3.42. The van der Waals surface area contributed by atoms with Crippen LogP contribution in [-0.2, 0) is 6.54 Å². The molecule has 1 saturated heterocycles. The number of nitrogens with zero attached hydrogens (tertiary/aromatic N) is 2. The van der Waals surface area contributed by atoms with Crippen molar-refractivity contribution >= 4 is 5.82 Å². The first-order valence-corrected chi connectivity index (χ1v) is 6.96. The third-order valence-electron chi connectivity index (χ3n) is 3.66. The Labute approximate surface area is 111 Å². The smallest absolute Gasteiger partial charge is 0.129 e. The number of aromatic nitrogens is 1. The normalized spacial score (nSPS) is 18.6. The predicted molar refractivity (Wildman–Crippen MR) is 76.9 cm³/mol. The Kier molecular flexibility index (Phi) is 3.91. The van der Waals surface area contributed by atoms with Crippen molar-refractivity contribution in [3.05, 3.63) is 23.9 Å². The third-order valence-corrected chi connectivity index (χ3v) is 3.66. The van der Waals surface area contributed by atoms with Gasteiger partial charge in [0.25, 0.3) is 0 Å². The van der Waals surface area contributed by atoms with Gasteiger partial charge in [-0.1, -0.05) is 19.9 Å². The number of anilines is 1. The Morgan fingerprint density at radius 2 is 2.17 bits per heavy atom. The van der Waals surface area contributed by atoms with Gasteiger partial charge in [0, 0.05) is 24.7 Å². The van der Waals surface area contributed by atoms with Gasteiger partial charge >= 0.3 is 0 Å². The maximum atomic E-state index is 4.79. The molecule has 100 valence electrons. The van der Waals surface area contributed by atoms with Crippen LogP contribution in [0, 0.1) is 0 Å². The molecule has 0 aromatic carbocycles. The largest absolute Gasteiger partial charge is 0.351 e. The summed E-state index contributed by atoms with van der Waals surface area (Å²) < 4.78 is 0. The maximum absolute atomic E-state index is 4.79. The average Bonchev–Trinajstić information content (AvgIpc) is 2.67. The zero-order chi connectivity index (χ0) is 13.2. The molecular formula is C15H25N3. The van der Waals surface area contributed by atoms with Crippen molar-refractivity contribution in [2.75, 3.05) is 11.4 Å². The van der Waals surface area contributed by atoms with Gasteiger partial charge in [0.05, 0.1) is 5.69 Å². The lowest BCUT2D eigenvalue weighted by atomic mass is 10.0. The van der Waals surface area contributed by atoms with Crippen LogP contribution in [0.2, 0.25) is 0 Å². The summed E-state index contributed by atoms with van der Waals surface area (Å²) in [6, 6.07) is 6.85. The summed E-state index contributed by atoms with van der Waals surface area (Å²) in [4.78, 5) is 7.22. The van der Waals surface area contributed by atoms with E-state index in [4.69, 9.17) is 4.98 Å². The second kappa shape index (κ2) is 5.27. The van der Waals surface area contributed by atoms with Gasteiger partial charge < -0.3 is 10.2 Å². The highest BCUT2D eigenvalue weighted by atomic mass is 15.3. The molecule has 2 heterocycles. The monoisotopic (exact) mass is 247 g/mol.